The Hall–Kier alpha value is -1.75. The lowest BCUT2D eigenvalue weighted by molar-refractivity contribution is 0.489. The van der Waals surface area contributed by atoms with Gasteiger partial charge in [0.25, 0.3) is 5.22 Å². The number of imidazole rings is 1. The number of rotatable bonds is 3. The number of oxazole rings is 1. The average Bonchev–Trinajstić information content (AvgIpc) is 2.94. The highest BCUT2D eigenvalue weighted by Gasteiger charge is 2.09. The molecule has 0 aliphatic heterocycles. The van der Waals surface area contributed by atoms with Gasteiger partial charge in [-0.25, -0.2) is 9.97 Å². The molecule has 1 aromatic carbocycles. The summed E-state index contributed by atoms with van der Waals surface area (Å²) in [5, 5.41) is 1.43. The topological polar surface area (TPSA) is 54.7 Å². The fourth-order valence-electron chi connectivity index (χ4n) is 1.55. The van der Waals surface area contributed by atoms with Crippen LogP contribution in [0.4, 0.5) is 0 Å². The predicted molar refractivity (Wildman–Crippen MR) is 66.1 cm³/mol. The first-order valence-corrected chi connectivity index (χ1v) is 6.24. The minimum Gasteiger partial charge on any atom is -0.431 e. The van der Waals surface area contributed by atoms with E-state index in [0.717, 1.165) is 28.4 Å². The Morgan fingerprint density at radius 3 is 3.00 bits per heavy atom. The number of nitrogens with zero attached hydrogens (tertiary/aromatic N) is 2. The molecular formula is C12H11N3OS. The van der Waals surface area contributed by atoms with Gasteiger partial charge >= 0.3 is 0 Å². The number of aromatic amines is 1. The summed E-state index contributed by atoms with van der Waals surface area (Å²) in [7, 11) is 0. The largest absolute Gasteiger partial charge is 0.431 e. The molecule has 0 saturated heterocycles. The number of aromatic nitrogens is 3. The molecular weight excluding hydrogens is 234 g/mol. The second-order valence-electron chi connectivity index (χ2n) is 3.62. The fourth-order valence-corrected chi connectivity index (χ4v) is 2.28. The van der Waals surface area contributed by atoms with E-state index < -0.39 is 0 Å². The van der Waals surface area contributed by atoms with Crippen molar-refractivity contribution in [2.75, 3.05) is 0 Å². The van der Waals surface area contributed by atoms with E-state index in [1.54, 1.807) is 0 Å². The number of para-hydroxylation sites is 2. The van der Waals surface area contributed by atoms with Gasteiger partial charge in [0.15, 0.2) is 10.7 Å². The highest BCUT2D eigenvalue weighted by Crippen LogP contribution is 2.27. The maximum atomic E-state index is 5.61. The molecule has 2 heterocycles. The maximum Gasteiger partial charge on any atom is 0.264 e. The molecule has 0 bridgehead atoms. The van der Waals surface area contributed by atoms with Crippen LogP contribution in [0.15, 0.2) is 45.3 Å². The van der Waals surface area contributed by atoms with E-state index in [0.29, 0.717) is 5.22 Å². The van der Waals surface area contributed by atoms with Crippen LogP contribution in [0.25, 0.3) is 11.1 Å². The molecule has 0 atom stereocenters. The van der Waals surface area contributed by atoms with Crippen molar-refractivity contribution in [3.63, 3.8) is 0 Å². The van der Waals surface area contributed by atoms with Crippen LogP contribution in [-0.4, -0.2) is 15.0 Å². The van der Waals surface area contributed by atoms with Gasteiger partial charge in [0.1, 0.15) is 5.52 Å². The fraction of sp³-hybridized carbons (Fsp3) is 0.167. The molecule has 0 unspecified atom stereocenters. The first-order valence-electron chi connectivity index (χ1n) is 5.42. The average molecular weight is 245 g/mol. The van der Waals surface area contributed by atoms with Crippen LogP contribution in [0.3, 0.4) is 0 Å². The van der Waals surface area contributed by atoms with E-state index in [1.807, 2.05) is 30.5 Å². The number of H-pyrrole nitrogens is 1. The van der Waals surface area contributed by atoms with Crippen LogP contribution in [0.5, 0.6) is 0 Å². The summed E-state index contributed by atoms with van der Waals surface area (Å²) in [6.07, 6.45) is 2.78. The van der Waals surface area contributed by atoms with Crippen molar-refractivity contribution in [3.8, 4) is 0 Å². The number of fused-ring (bicyclic) bond motifs is 1. The first kappa shape index (κ1) is 10.4. The Labute approximate surface area is 102 Å². The van der Waals surface area contributed by atoms with Gasteiger partial charge in [0.2, 0.25) is 0 Å². The molecule has 0 radical (unpaired) electrons. The quantitative estimate of drug-likeness (QED) is 0.769. The first-order chi connectivity index (χ1) is 8.35. The van der Waals surface area contributed by atoms with E-state index in [9.17, 15) is 0 Å². The van der Waals surface area contributed by atoms with Crippen molar-refractivity contribution in [1.29, 1.82) is 0 Å². The van der Waals surface area contributed by atoms with Crippen molar-refractivity contribution in [2.45, 2.75) is 23.7 Å². The minimum absolute atomic E-state index is 0.614. The SMILES string of the molecule is CCc1cnc(Sc2nc3ccccc3o2)[nH]1. The summed E-state index contributed by atoms with van der Waals surface area (Å²) in [6, 6.07) is 7.72. The second kappa shape index (κ2) is 4.25. The van der Waals surface area contributed by atoms with Gasteiger partial charge < -0.3 is 9.40 Å². The molecule has 3 rings (SSSR count). The lowest BCUT2D eigenvalue weighted by Crippen LogP contribution is -1.78. The number of hydrogen-bond donors (Lipinski definition) is 1. The molecule has 0 aliphatic rings. The summed E-state index contributed by atoms with van der Waals surface area (Å²) >= 11 is 1.41. The number of nitrogens with one attached hydrogen (secondary N) is 1. The molecule has 17 heavy (non-hydrogen) atoms. The molecule has 0 spiro atoms. The highest BCUT2D eigenvalue weighted by atomic mass is 32.2. The molecule has 4 nitrogen and oxygen atoms in total. The van der Waals surface area contributed by atoms with Gasteiger partial charge in [0, 0.05) is 23.7 Å². The van der Waals surface area contributed by atoms with Gasteiger partial charge in [-0.1, -0.05) is 19.1 Å². The number of aryl methyl sites for hydroxylation is 1. The Balaban J connectivity index is 1.89. The Morgan fingerprint density at radius 2 is 2.24 bits per heavy atom. The van der Waals surface area contributed by atoms with Crippen molar-refractivity contribution in [1.82, 2.24) is 15.0 Å². The number of hydrogen-bond acceptors (Lipinski definition) is 4. The molecule has 3 aromatic rings. The molecule has 86 valence electrons. The smallest absolute Gasteiger partial charge is 0.264 e. The standard InChI is InChI=1S/C12H11N3OS/c1-2-8-7-13-11(14-8)17-12-15-9-5-3-4-6-10(9)16-12/h3-7H,2H2,1H3,(H,13,14). The third kappa shape index (κ3) is 2.06. The number of benzene rings is 1. The van der Waals surface area contributed by atoms with Crippen LogP contribution in [0, 0.1) is 0 Å². The highest BCUT2D eigenvalue weighted by molar-refractivity contribution is 7.98. The minimum atomic E-state index is 0.614. The summed E-state index contributed by atoms with van der Waals surface area (Å²) in [6.45, 7) is 2.08. The van der Waals surface area contributed by atoms with Crippen molar-refractivity contribution in [2.24, 2.45) is 0 Å². The summed E-state index contributed by atoms with van der Waals surface area (Å²) < 4.78 is 5.61. The predicted octanol–water partition coefficient (Wildman–Crippen LogP) is 3.26. The van der Waals surface area contributed by atoms with E-state index in [1.165, 1.54) is 11.8 Å². The van der Waals surface area contributed by atoms with Crippen LogP contribution in [-0.2, 0) is 6.42 Å². The third-order valence-corrected chi connectivity index (χ3v) is 3.19. The van der Waals surface area contributed by atoms with Crippen molar-refractivity contribution in [3.05, 3.63) is 36.2 Å². The molecule has 5 heteroatoms. The van der Waals surface area contributed by atoms with Gasteiger partial charge in [0.05, 0.1) is 0 Å². The van der Waals surface area contributed by atoms with Crippen LogP contribution in [0.1, 0.15) is 12.6 Å². The molecule has 2 aromatic heterocycles. The zero-order valence-corrected chi connectivity index (χ0v) is 10.1. The lowest BCUT2D eigenvalue weighted by atomic mass is 10.3. The summed E-state index contributed by atoms with van der Waals surface area (Å²) in [4.78, 5) is 11.8. The summed E-state index contributed by atoms with van der Waals surface area (Å²) in [5.74, 6) is 0. The molecule has 1 N–H and O–H groups in total. The molecule has 0 fully saturated rings. The van der Waals surface area contributed by atoms with E-state index in [2.05, 4.69) is 21.9 Å². The van der Waals surface area contributed by atoms with Gasteiger partial charge in [-0.05, 0) is 18.6 Å². The Bertz CT molecular complexity index is 611. The van der Waals surface area contributed by atoms with Crippen LogP contribution in [0.2, 0.25) is 0 Å². The maximum absolute atomic E-state index is 5.61. The zero-order chi connectivity index (χ0) is 11.7. The van der Waals surface area contributed by atoms with Gasteiger partial charge in [-0.2, -0.15) is 0 Å². The second-order valence-corrected chi connectivity index (χ2v) is 4.56. The Morgan fingerprint density at radius 1 is 1.35 bits per heavy atom. The lowest BCUT2D eigenvalue weighted by Gasteiger charge is -1.89. The summed E-state index contributed by atoms with van der Waals surface area (Å²) in [5.41, 5.74) is 2.79. The van der Waals surface area contributed by atoms with E-state index in [4.69, 9.17) is 4.42 Å². The molecule has 0 amide bonds. The zero-order valence-electron chi connectivity index (χ0n) is 9.30. The van der Waals surface area contributed by atoms with Crippen molar-refractivity contribution < 1.29 is 4.42 Å². The van der Waals surface area contributed by atoms with Crippen LogP contribution >= 0.6 is 11.8 Å². The third-order valence-electron chi connectivity index (χ3n) is 2.44. The molecule has 0 aliphatic carbocycles. The molecule has 0 saturated carbocycles. The van der Waals surface area contributed by atoms with E-state index in [-0.39, 0.29) is 0 Å². The van der Waals surface area contributed by atoms with Crippen LogP contribution < -0.4 is 0 Å². The monoisotopic (exact) mass is 245 g/mol. The van der Waals surface area contributed by atoms with Gasteiger partial charge in [-0.3, -0.25) is 0 Å². The normalized spacial score (nSPS) is 11.1. The van der Waals surface area contributed by atoms with Gasteiger partial charge in [-0.15, -0.1) is 0 Å². The Kier molecular flexibility index (Phi) is 2.60. The van der Waals surface area contributed by atoms with E-state index >= 15 is 0 Å². The van der Waals surface area contributed by atoms with Crippen molar-refractivity contribution >= 4 is 22.9 Å².